The molecule has 0 bridgehead atoms. The monoisotopic (exact) mass is 190 g/mol. The van der Waals surface area contributed by atoms with E-state index in [9.17, 15) is 4.79 Å². The van der Waals surface area contributed by atoms with Crippen LogP contribution in [0.4, 0.5) is 0 Å². The molecule has 0 aromatic heterocycles. The fourth-order valence-corrected chi connectivity index (χ4v) is 1.86. The molecule has 0 fully saturated rings. The van der Waals surface area contributed by atoms with Crippen LogP contribution in [0, 0.1) is 5.92 Å². The van der Waals surface area contributed by atoms with Gasteiger partial charge in [-0.15, -0.1) is 0 Å². The van der Waals surface area contributed by atoms with Crippen LogP contribution in [0.25, 0.3) is 0 Å². The number of carbonyl (C=O) groups is 1. The lowest BCUT2D eigenvalue weighted by Crippen LogP contribution is -2.19. The van der Waals surface area contributed by atoms with Crippen LogP contribution < -0.4 is 0 Å². The van der Waals surface area contributed by atoms with Crippen molar-refractivity contribution in [1.29, 1.82) is 0 Å². The Hall–Kier alpha value is -1.11. The zero-order chi connectivity index (χ0) is 10.9. The highest BCUT2D eigenvalue weighted by Crippen LogP contribution is 2.33. The van der Waals surface area contributed by atoms with E-state index in [-0.39, 0.29) is 5.78 Å². The summed E-state index contributed by atoms with van der Waals surface area (Å²) >= 11 is 0. The van der Waals surface area contributed by atoms with E-state index < -0.39 is 0 Å². The zero-order valence-electron chi connectivity index (χ0n) is 9.31. The molecular weight excluding hydrogens is 172 g/mol. The van der Waals surface area contributed by atoms with Crippen LogP contribution in [0.1, 0.15) is 33.6 Å². The number of ketones is 1. The summed E-state index contributed by atoms with van der Waals surface area (Å²) in [5.41, 5.74) is 4.15. The summed E-state index contributed by atoms with van der Waals surface area (Å²) < 4.78 is 0. The van der Waals surface area contributed by atoms with Crippen LogP contribution >= 0.6 is 0 Å². The number of hydrogen-bond donors (Lipinski definition) is 0. The molecule has 14 heavy (non-hydrogen) atoms. The normalized spacial score (nSPS) is 22.5. The molecule has 1 nitrogen and oxygen atoms in total. The summed E-state index contributed by atoms with van der Waals surface area (Å²) in [6.07, 6.45) is 1.56. The van der Waals surface area contributed by atoms with Crippen LogP contribution in [-0.2, 0) is 4.79 Å². The highest BCUT2D eigenvalue weighted by atomic mass is 16.1. The van der Waals surface area contributed by atoms with Gasteiger partial charge >= 0.3 is 0 Å². The molecule has 76 valence electrons. The molecule has 0 aliphatic heterocycles. The summed E-state index contributed by atoms with van der Waals surface area (Å²) in [4.78, 5) is 11.7. The molecule has 0 saturated carbocycles. The molecule has 0 amide bonds. The number of Topliss-reactive ketones (excluding diaryl/α,β-unsaturated/α-hetero) is 1. The minimum atomic E-state index is 0.252. The second-order valence-electron chi connectivity index (χ2n) is 4.26. The molecule has 1 heteroatoms. The van der Waals surface area contributed by atoms with E-state index in [1.54, 1.807) is 0 Å². The predicted molar refractivity (Wildman–Crippen MR) is 60.1 cm³/mol. The quantitative estimate of drug-likeness (QED) is 0.610. The van der Waals surface area contributed by atoms with Crippen molar-refractivity contribution in [3.05, 3.63) is 35.5 Å². The molecule has 1 atom stereocenters. The number of allylic oxidation sites excluding steroid dienone is 4. The topological polar surface area (TPSA) is 17.1 Å². The first-order chi connectivity index (χ1) is 6.43. The molecule has 0 heterocycles. The van der Waals surface area contributed by atoms with Crippen LogP contribution in [0.2, 0.25) is 0 Å². The lowest BCUT2D eigenvalue weighted by Gasteiger charge is -2.25. The molecule has 0 spiro atoms. The molecule has 0 aromatic rings. The molecule has 0 saturated heterocycles. The average Bonchev–Trinajstić information content (AvgIpc) is 2.08. The average molecular weight is 190 g/mol. The second-order valence-corrected chi connectivity index (χ2v) is 4.26. The Morgan fingerprint density at radius 3 is 2.29 bits per heavy atom. The third kappa shape index (κ3) is 2.03. The molecule has 0 aromatic carbocycles. The van der Waals surface area contributed by atoms with E-state index in [1.165, 1.54) is 0 Å². The van der Waals surface area contributed by atoms with E-state index in [2.05, 4.69) is 13.2 Å². The predicted octanol–water partition coefficient (Wildman–Crippen LogP) is 3.43. The Kier molecular flexibility index (Phi) is 3.10. The summed E-state index contributed by atoms with van der Waals surface area (Å²) in [5.74, 6) is 0.570. The lowest BCUT2D eigenvalue weighted by atomic mass is 9.78. The van der Waals surface area contributed by atoms with Gasteiger partial charge in [0.1, 0.15) is 0 Å². The van der Waals surface area contributed by atoms with Gasteiger partial charge in [-0.25, -0.2) is 0 Å². The Morgan fingerprint density at radius 2 is 1.86 bits per heavy atom. The van der Waals surface area contributed by atoms with Gasteiger partial charge in [0.05, 0.1) is 0 Å². The van der Waals surface area contributed by atoms with E-state index in [4.69, 9.17) is 0 Å². The summed E-state index contributed by atoms with van der Waals surface area (Å²) in [6.45, 7) is 13.7. The van der Waals surface area contributed by atoms with Crippen molar-refractivity contribution < 1.29 is 4.79 Å². The Labute approximate surface area is 86.2 Å². The van der Waals surface area contributed by atoms with Gasteiger partial charge in [-0.05, 0) is 44.3 Å². The van der Waals surface area contributed by atoms with Gasteiger partial charge in [0.15, 0.2) is 5.78 Å². The maximum atomic E-state index is 11.7. The highest BCUT2D eigenvalue weighted by molar-refractivity contribution is 5.97. The first kappa shape index (κ1) is 11.0. The van der Waals surface area contributed by atoms with Crippen molar-refractivity contribution in [3.63, 3.8) is 0 Å². The van der Waals surface area contributed by atoms with Gasteiger partial charge in [0.2, 0.25) is 0 Å². The first-order valence-corrected chi connectivity index (χ1v) is 4.97. The molecule has 1 aliphatic carbocycles. The third-order valence-electron chi connectivity index (χ3n) is 2.97. The van der Waals surface area contributed by atoms with Gasteiger partial charge in [-0.3, -0.25) is 4.79 Å². The minimum absolute atomic E-state index is 0.252. The van der Waals surface area contributed by atoms with Crippen molar-refractivity contribution in [2.24, 2.45) is 5.92 Å². The molecule has 1 unspecified atom stereocenters. The van der Waals surface area contributed by atoms with Crippen molar-refractivity contribution in [1.82, 2.24) is 0 Å². The van der Waals surface area contributed by atoms with Gasteiger partial charge in [-0.1, -0.05) is 24.3 Å². The van der Waals surface area contributed by atoms with Crippen LogP contribution in [0.15, 0.2) is 35.5 Å². The van der Waals surface area contributed by atoms with Crippen LogP contribution in [-0.4, -0.2) is 5.78 Å². The fraction of sp³-hybridized carbons (Fsp3) is 0.462. The molecule has 1 rings (SSSR count). The maximum Gasteiger partial charge on any atom is 0.159 e. The lowest BCUT2D eigenvalue weighted by molar-refractivity contribution is -0.116. The Bertz CT molecular complexity index is 331. The Morgan fingerprint density at radius 1 is 1.29 bits per heavy atom. The van der Waals surface area contributed by atoms with E-state index >= 15 is 0 Å². The van der Waals surface area contributed by atoms with Crippen molar-refractivity contribution in [2.45, 2.75) is 33.6 Å². The molecule has 0 radical (unpaired) electrons. The number of carbonyl (C=O) groups excluding carboxylic acids is 1. The summed E-state index contributed by atoms with van der Waals surface area (Å²) in [5, 5.41) is 0. The minimum Gasteiger partial charge on any atom is -0.295 e. The first-order valence-electron chi connectivity index (χ1n) is 4.97. The van der Waals surface area contributed by atoms with Crippen molar-refractivity contribution in [3.8, 4) is 0 Å². The van der Waals surface area contributed by atoms with Gasteiger partial charge < -0.3 is 0 Å². The maximum absolute atomic E-state index is 11.7. The standard InChI is InChI=1S/C13H18O/c1-8(2)11-6-12(9(3)4)10(5)13(14)7-11/h11H,1,3,6-7H2,2,4-5H3. The van der Waals surface area contributed by atoms with E-state index in [0.29, 0.717) is 12.3 Å². The van der Waals surface area contributed by atoms with Crippen molar-refractivity contribution >= 4 is 5.78 Å². The summed E-state index contributed by atoms with van der Waals surface area (Å²) in [7, 11) is 0. The zero-order valence-corrected chi connectivity index (χ0v) is 9.31. The largest absolute Gasteiger partial charge is 0.295 e. The second kappa shape index (κ2) is 3.95. The van der Waals surface area contributed by atoms with Gasteiger partial charge in [0.25, 0.3) is 0 Å². The smallest absolute Gasteiger partial charge is 0.159 e. The van der Waals surface area contributed by atoms with Gasteiger partial charge in [0, 0.05) is 6.42 Å². The molecule has 1 aliphatic rings. The number of hydrogen-bond acceptors (Lipinski definition) is 1. The molecular formula is C13H18O. The third-order valence-corrected chi connectivity index (χ3v) is 2.97. The molecule has 0 N–H and O–H groups in total. The number of rotatable bonds is 2. The Balaban J connectivity index is 3.02. The fourth-order valence-electron chi connectivity index (χ4n) is 1.86. The van der Waals surface area contributed by atoms with Crippen LogP contribution in [0.5, 0.6) is 0 Å². The highest BCUT2D eigenvalue weighted by Gasteiger charge is 2.25. The van der Waals surface area contributed by atoms with Crippen LogP contribution in [0.3, 0.4) is 0 Å². The van der Waals surface area contributed by atoms with Crippen molar-refractivity contribution in [2.75, 3.05) is 0 Å². The summed E-state index contributed by atoms with van der Waals surface area (Å²) in [6, 6.07) is 0. The van der Waals surface area contributed by atoms with E-state index in [0.717, 1.165) is 28.7 Å². The SMILES string of the molecule is C=C(C)C1=C(C)C(=O)CC(C(=C)C)C1. The van der Waals surface area contributed by atoms with Gasteiger partial charge in [-0.2, -0.15) is 0 Å². The van der Waals surface area contributed by atoms with E-state index in [1.807, 2.05) is 20.8 Å².